The van der Waals surface area contributed by atoms with E-state index < -0.39 is 0 Å². The van der Waals surface area contributed by atoms with Crippen LogP contribution in [0.5, 0.6) is 5.75 Å². The van der Waals surface area contributed by atoms with Crippen LogP contribution in [0.2, 0.25) is 0 Å². The number of hydrogen-bond acceptors (Lipinski definition) is 1. The molecule has 0 amide bonds. The standard InChI is InChI=1S/C12H12NO/c1-9-8-13-7-3-5-10-4-2-6-11(14-9)12(10)13/h2-7,9H,8H2,1H3/q+1/t9-/m1/s1. The Morgan fingerprint density at radius 2 is 2.14 bits per heavy atom. The van der Waals surface area contributed by atoms with Gasteiger partial charge >= 0.3 is 0 Å². The highest BCUT2D eigenvalue weighted by molar-refractivity contribution is 5.81. The number of para-hydroxylation sites is 1. The number of hydrogen-bond donors (Lipinski definition) is 0. The number of nitrogens with zero attached hydrogens (tertiary/aromatic N) is 1. The third kappa shape index (κ3) is 1.00. The lowest BCUT2D eigenvalue weighted by Crippen LogP contribution is -2.44. The van der Waals surface area contributed by atoms with Gasteiger partial charge in [0.1, 0.15) is 0 Å². The van der Waals surface area contributed by atoms with Gasteiger partial charge in [-0.15, -0.1) is 0 Å². The summed E-state index contributed by atoms with van der Waals surface area (Å²) in [6, 6.07) is 10.4. The molecule has 0 unspecified atom stereocenters. The molecule has 0 bridgehead atoms. The predicted octanol–water partition coefficient (Wildman–Crippen LogP) is 1.91. The molecule has 0 aliphatic carbocycles. The highest BCUT2D eigenvalue weighted by Crippen LogP contribution is 2.25. The molecule has 2 heterocycles. The molecule has 2 nitrogen and oxygen atoms in total. The van der Waals surface area contributed by atoms with Gasteiger partial charge in [-0.1, -0.05) is 6.07 Å². The fraction of sp³-hybridized carbons (Fsp3) is 0.250. The molecule has 0 saturated carbocycles. The highest BCUT2D eigenvalue weighted by atomic mass is 16.5. The van der Waals surface area contributed by atoms with Crippen molar-refractivity contribution in [2.45, 2.75) is 19.6 Å². The minimum absolute atomic E-state index is 0.264. The summed E-state index contributed by atoms with van der Waals surface area (Å²) in [5.74, 6) is 1.00. The van der Waals surface area contributed by atoms with Crippen molar-refractivity contribution in [3.8, 4) is 5.75 Å². The maximum absolute atomic E-state index is 5.78. The first-order chi connectivity index (χ1) is 6.84. The van der Waals surface area contributed by atoms with Crippen LogP contribution in [0.3, 0.4) is 0 Å². The Kier molecular flexibility index (Phi) is 1.51. The summed E-state index contributed by atoms with van der Waals surface area (Å²) in [5, 5.41) is 1.25. The van der Waals surface area contributed by atoms with Crippen molar-refractivity contribution in [3.63, 3.8) is 0 Å². The molecule has 2 aromatic rings. The molecule has 1 aromatic heterocycles. The van der Waals surface area contributed by atoms with Gasteiger partial charge in [0.2, 0.25) is 0 Å². The number of ether oxygens (including phenoxy) is 1. The van der Waals surface area contributed by atoms with Crippen LogP contribution in [0.15, 0.2) is 36.5 Å². The van der Waals surface area contributed by atoms with E-state index in [9.17, 15) is 0 Å². The summed E-state index contributed by atoms with van der Waals surface area (Å²) in [4.78, 5) is 0. The van der Waals surface area contributed by atoms with Gasteiger partial charge in [0.05, 0.1) is 5.39 Å². The number of pyridine rings is 1. The molecule has 0 saturated heterocycles. The summed E-state index contributed by atoms with van der Waals surface area (Å²) in [7, 11) is 0. The quantitative estimate of drug-likeness (QED) is 0.573. The molecule has 1 aromatic carbocycles. The predicted molar refractivity (Wildman–Crippen MR) is 54.2 cm³/mol. The van der Waals surface area contributed by atoms with Crippen LogP contribution >= 0.6 is 0 Å². The lowest BCUT2D eigenvalue weighted by molar-refractivity contribution is -0.682. The zero-order valence-electron chi connectivity index (χ0n) is 8.10. The topological polar surface area (TPSA) is 13.1 Å². The van der Waals surface area contributed by atoms with Crippen LogP contribution in [-0.2, 0) is 6.54 Å². The van der Waals surface area contributed by atoms with Gasteiger partial charge in [-0.05, 0) is 25.1 Å². The Morgan fingerprint density at radius 3 is 3.07 bits per heavy atom. The van der Waals surface area contributed by atoms with Crippen molar-refractivity contribution >= 4 is 10.9 Å². The molecule has 0 radical (unpaired) electrons. The molecule has 1 aliphatic heterocycles. The normalized spacial score (nSPS) is 19.4. The molecular formula is C12H12NO+. The lowest BCUT2D eigenvalue weighted by Gasteiger charge is -2.18. The van der Waals surface area contributed by atoms with Gasteiger partial charge in [-0.3, -0.25) is 0 Å². The van der Waals surface area contributed by atoms with E-state index in [4.69, 9.17) is 4.74 Å². The van der Waals surface area contributed by atoms with Gasteiger partial charge in [0, 0.05) is 6.07 Å². The Labute approximate surface area is 82.7 Å². The molecule has 0 N–H and O–H groups in total. The SMILES string of the molecule is C[C@@H]1C[n+]2cccc3cccc(c32)O1. The minimum atomic E-state index is 0.264. The number of aromatic nitrogens is 1. The fourth-order valence-electron chi connectivity index (χ4n) is 2.08. The van der Waals surface area contributed by atoms with Crippen molar-refractivity contribution in [1.82, 2.24) is 0 Å². The van der Waals surface area contributed by atoms with E-state index in [1.165, 1.54) is 10.9 Å². The Bertz CT molecular complexity index is 452. The van der Waals surface area contributed by atoms with E-state index in [2.05, 4.69) is 35.9 Å². The summed E-state index contributed by atoms with van der Waals surface area (Å²) in [6.07, 6.45) is 2.38. The van der Waals surface area contributed by atoms with E-state index in [1.807, 2.05) is 12.1 Å². The van der Waals surface area contributed by atoms with Gasteiger partial charge in [0.15, 0.2) is 24.6 Å². The van der Waals surface area contributed by atoms with Crippen LogP contribution in [0.1, 0.15) is 6.92 Å². The van der Waals surface area contributed by atoms with Crippen LogP contribution in [0, 0.1) is 0 Å². The second-order valence-electron chi connectivity index (χ2n) is 3.78. The van der Waals surface area contributed by atoms with E-state index >= 15 is 0 Å². The molecule has 1 atom stereocenters. The first-order valence-electron chi connectivity index (χ1n) is 4.92. The smallest absolute Gasteiger partial charge is 0.255 e. The average molecular weight is 186 g/mol. The van der Waals surface area contributed by atoms with Gasteiger partial charge < -0.3 is 4.74 Å². The van der Waals surface area contributed by atoms with E-state index in [0.717, 1.165) is 12.3 Å². The average Bonchev–Trinajstić information content (AvgIpc) is 2.18. The highest BCUT2D eigenvalue weighted by Gasteiger charge is 2.24. The Balaban J connectivity index is 2.40. The third-order valence-corrected chi connectivity index (χ3v) is 2.64. The fourth-order valence-corrected chi connectivity index (χ4v) is 2.08. The van der Waals surface area contributed by atoms with Gasteiger partial charge in [0.25, 0.3) is 5.52 Å². The summed E-state index contributed by atoms with van der Waals surface area (Å²) < 4.78 is 8.05. The molecular weight excluding hydrogens is 174 g/mol. The van der Waals surface area contributed by atoms with E-state index in [-0.39, 0.29) is 6.10 Å². The van der Waals surface area contributed by atoms with Crippen LogP contribution in [-0.4, -0.2) is 6.10 Å². The summed E-state index contributed by atoms with van der Waals surface area (Å²) in [5.41, 5.74) is 1.22. The largest absolute Gasteiger partial charge is 0.477 e. The Hall–Kier alpha value is -1.57. The van der Waals surface area contributed by atoms with Crippen molar-refractivity contribution in [2.24, 2.45) is 0 Å². The molecule has 70 valence electrons. The van der Waals surface area contributed by atoms with E-state index in [0.29, 0.717) is 0 Å². The van der Waals surface area contributed by atoms with Crippen molar-refractivity contribution < 1.29 is 9.30 Å². The number of rotatable bonds is 0. The van der Waals surface area contributed by atoms with Crippen molar-refractivity contribution in [3.05, 3.63) is 36.5 Å². The van der Waals surface area contributed by atoms with Crippen molar-refractivity contribution in [2.75, 3.05) is 0 Å². The molecule has 3 rings (SSSR count). The first-order valence-corrected chi connectivity index (χ1v) is 4.92. The summed E-state index contributed by atoms with van der Waals surface area (Å²) >= 11 is 0. The molecule has 0 fully saturated rings. The first kappa shape index (κ1) is 7.80. The maximum Gasteiger partial charge on any atom is 0.255 e. The maximum atomic E-state index is 5.78. The number of benzene rings is 1. The summed E-state index contributed by atoms with van der Waals surface area (Å²) in [6.45, 7) is 3.04. The monoisotopic (exact) mass is 186 g/mol. The van der Waals surface area contributed by atoms with E-state index in [1.54, 1.807) is 0 Å². The minimum Gasteiger partial charge on any atom is -0.477 e. The molecule has 0 spiro atoms. The van der Waals surface area contributed by atoms with Gasteiger partial charge in [-0.2, -0.15) is 4.57 Å². The molecule has 1 aliphatic rings. The van der Waals surface area contributed by atoms with Gasteiger partial charge in [-0.25, -0.2) is 0 Å². The van der Waals surface area contributed by atoms with Crippen LogP contribution in [0.4, 0.5) is 0 Å². The zero-order valence-corrected chi connectivity index (χ0v) is 8.10. The zero-order chi connectivity index (χ0) is 9.54. The second-order valence-corrected chi connectivity index (χ2v) is 3.78. The van der Waals surface area contributed by atoms with Crippen molar-refractivity contribution in [1.29, 1.82) is 0 Å². The second kappa shape index (κ2) is 2.71. The molecule has 14 heavy (non-hydrogen) atoms. The third-order valence-electron chi connectivity index (χ3n) is 2.64. The van der Waals surface area contributed by atoms with Crippen LogP contribution < -0.4 is 9.30 Å². The Morgan fingerprint density at radius 1 is 1.29 bits per heavy atom. The van der Waals surface area contributed by atoms with Crippen LogP contribution in [0.25, 0.3) is 10.9 Å². The molecule has 2 heteroatoms. The lowest BCUT2D eigenvalue weighted by atomic mass is 10.1.